The van der Waals surface area contributed by atoms with Gasteiger partial charge in [-0.05, 0) is 10.8 Å². The number of halogens is 1. The highest BCUT2D eigenvalue weighted by atomic mass is 35.5. The van der Waals surface area contributed by atoms with E-state index >= 15 is 0 Å². The van der Waals surface area contributed by atoms with Crippen molar-refractivity contribution in [3.05, 3.63) is 32.8 Å². The number of carbonyl (C=O) groups is 1. The van der Waals surface area contributed by atoms with Crippen LogP contribution in [0, 0.1) is 20.9 Å². The molecule has 0 spiro atoms. The molecule has 114 valence electrons. The number of nitro benzene ring substituents is 1. The molecule has 1 saturated carbocycles. The molecular formula is C14H17ClN2O4. The van der Waals surface area contributed by atoms with Gasteiger partial charge >= 0.3 is 5.97 Å². The second kappa shape index (κ2) is 4.59. The summed E-state index contributed by atoms with van der Waals surface area (Å²) in [5.74, 6) is -1.25. The van der Waals surface area contributed by atoms with E-state index in [9.17, 15) is 20.0 Å². The lowest BCUT2D eigenvalue weighted by Gasteiger charge is -2.13. The Bertz CT molecular complexity index is 626. The molecule has 1 aliphatic carbocycles. The Morgan fingerprint density at radius 2 is 1.86 bits per heavy atom. The molecule has 1 aliphatic rings. The zero-order valence-corrected chi connectivity index (χ0v) is 13.0. The van der Waals surface area contributed by atoms with Crippen molar-refractivity contribution < 1.29 is 14.8 Å². The maximum absolute atomic E-state index is 11.4. The van der Waals surface area contributed by atoms with Gasteiger partial charge in [-0.25, -0.2) is 4.79 Å². The van der Waals surface area contributed by atoms with E-state index in [4.69, 9.17) is 11.6 Å². The Hall–Kier alpha value is -1.82. The number of carboxylic acid groups (broad SMARTS) is 1. The Morgan fingerprint density at radius 1 is 1.33 bits per heavy atom. The maximum atomic E-state index is 11.4. The fourth-order valence-electron chi connectivity index (χ4n) is 2.71. The second-order valence-electron chi connectivity index (χ2n) is 6.43. The summed E-state index contributed by atoms with van der Waals surface area (Å²) in [6.45, 7) is 8.30. The van der Waals surface area contributed by atoms with E-state index in [0.717, 1.165) is 6.07 Å². The van der Waals surface area contributed by atoms with Gasteiger partial charge < -0.3 is 10.4 Å². The van der Waals surface area contributed by atoms with Gasteiger partial charge in [0.05, 0.1) is 21.2 Å². The zero-order chi connectivity index (χ0) is 16.2. The van der Waals surface area contributed by atoms with Crippen LogP contribution in [0.2, 0.25) is 5.02 Å². The van der Waals surface area contributed by atoms with Gasteiger partial charge in [-0.15, -0.1) is 0 Å². The number of hydrogen-bond acceptors (Lipinski definition) is 4. The van der Waals surface area contributed by atoms with E-state index in [-0.39, 0.29) is 38.8 Å². The summed E-state index contributed by atoms with van der Waals surface area (Å²) in [5, 5.41) is 23.3. The van der Waals surface area contributed by atoms with Crippen molar-refractivity contribution in [2.75, 3.05) is 5.32 Å². The van der Waals surface area contributed by atoms with Crippen LogP contribution < -0.4 is 5.32 Å². The van der Waals surface area contributed by atoms with E-state index in [1.54, 1.807) is 0 Å². The van der Waals surface area contributed by atoms with Crippen molar-refractivity contribution in [3.8, 4) is 0 Å². The Balaban J connectivity index is 2.45. The molecule has 0 radical (unpaired) electrons. The first-order valence-electron chi connectivity index (χ1n) is 6.48. The van der Waals surface area contributed by atoms with Crippen LogP contribution in [0.5, 0.6) is 0 Å². The highest BCUT2D eigenvalue weighted by molar-refractivity contribution is 6.34. The topological polar surface area (TPSA) is 92.5 Å². The van der Waals surface area contributed by atoms with Crippen LogP contribution in [-0.2, 0) is 0 Å². The molecule has 0 saturated heterocycles. The van der Waals surface area contributed by atoms with E-state index < -0.39 is 10.9 Å². The summed E-state index contributed by atoms with van der Waals surface area (Å²) in [4.78, 5) is 21.5. The number of benzene rings is 1. The number of non-ortho nitro benzene ring substituents is 1. The molecule has 1 fully saturated rings. The molecule has 0 aromatic heterocycles. The highest BCUT2D eigenvalue weighted by Gasteiger charge is 2.65. The fraction of sp³-hybridized carbons (Fsp3) is 0.500. The van der Waals surface area contributed by atoms with Gasteiger partial charge in [0, 0.05) is 18.2 Å². The number of rotatable bonds is 4. The van der Waals surface area contributed by atoms with Crippen molar-refractivity contribution in [3.63, 3.8) is 0 Å². The number of anilines is 1. The average molecular weight is 313 g/mol. The van der Waals surface area contributed by atoms with Gasteiger partial charge in [-0.3, -0.25) is 10.1 Å². The van der Waals surface area contributed by atoms with Crippen LogP contribution in [0.4, 0.5) is 11.4 Å². The zero-order valence-electron chi connectivity index (χ0n) is 12.2. The average Bonchev–Trinajstić information content (AvgIpc) is 2.72. The van der Waals surface area contributed by atoms with Crippen molar-refractivity contribution in [1.82, 2.24) is 0 Å². The lowest BCUT2D eigenvalue weighted by Crippen LogP contribution is -2.14. The molecule has 2 N–H and O–H groups in total. The minimum absolute atomic E-state index is 0.0200. The minimum Gasteiger partial charge on any atom is -0.478 e. The van der Waals surface area contributed by atoms with Gasteiger partial charge in [-0.1, -0.05) is 39.3 Å². The van der Waals surface area contributed by atoms with Gasteiger partial charge in [0.1, 0.15) is 0 Å². The van der Waals surface area contributed by atoms with Crippen LogP contribution in [0.25, 0.3) is 0 Å². The van der Waals surface area contributed by atoms with E-state index in [1.807, 2.05) is 0 Å². The van der Waals surface area contributed by atoms with Crippen molar-refractivity contribution in [1.29, 1.82) is 0 Å². The molecule has 21 heavy (non-hydrogen) atoms. The van der Waals surface area contributed by atoms with Crippen molar-refractivity contribution in [2.45, 2.75) is 33.7 Å². The summed E-state index contributed by atoms with van der Waals surface area (Å²) in [6.07, 6.45) is 0. The lowest BCUT2D eigenvalue weighted by molar-refractivity contribution is -0.384. The third-order valence-electron chi connectivity index (χ3n) is 4.83. The number of aromatic carboxylic acids is 1. The fourth-order valence-corrected chi connectivity index (χ4v) is 2.98. The maximum Gasteiger partial charge on any atom is 0.338 e. The minimum atomic E-state index is -1.25. The third kappa shape index (κ3) is 2.33. The predicted molar refractivity (Wildman–Crippen MR) is 80.0 cm³/mol. The first-order valence-corrected chi connectivity index (χ1v) is 6.85. The summed E-state index contributed by atoms with van der Waals surface area (Å²) >= 11 is 6.05. The smallest absolute Gasteiger partial charge is 0.338 e. The largest absolute Gasteiger partial charge is 0.478 e. The Morgan fingerprint density at radius 3 is 2.24 bits per heavy atom. The van der Waals surface area contributed by atoms with Crippen LogP contribution in [-0.4, -0.2) is 22.0 Å². The molecular weight excluding hydrogens is 296 g/mol. The first kappa shape index (κ1) is 15.6. The molecule has 1 aromatic carbocycles. The SMILES string of the molecule is CC1(C)C(Nc2c(Cl)cc([N+](=O)[O-])cc2C(=O)O)C1(C)C. The summed E-state index contributed by atoms with van der Waals surface area (Å²) in [5.41, 5.74) is -0.328. The molecule has 7 heteroatoms. The van der Waals surface area contributed by atoms with Gasteiger partial charge in [0.25, 0.3) is 5.69 Å². The molecule has 1 aromatic rings. The molecule has 6 nitrogen and oxygen atoms in total. The molecule has 0 atom stereocenters. The van der Waals surface area contributed by atoms with Crippen molar-refractivity contribution in [2.24, 2.45) is 10.8 Å². The number of nitro groups is 1. The summed E-state index contributed by atoms with van der Waals surface area (Å²) in [6, 6.07) is 2.24. The van der Waals surface area contributed by atoms with Crippen LogP contribution in [0.3, 0.4) is 0 Å². The van der Waals surface area contributed by atoms with E-state index in [1.165, 1.54) is 6.07 Å². The molecule has 0 heterocycles. The van der Waals surface area contributed by atoms with Crippen molar-refractivity contribution >= 4 is 28.9 Å². The molecule has 0 aliphatic heterocycles. The number of hydrogen-bond donors (Lipinski definition) is 2. The molecule has 0 unspecified atom stereocenters. The van der Waals surface area contributed by atoms with Crippen LogP contribution in [0.1, 0.15) is 38.1 Å². The van der Waals surface area contributed by atoms with Crippen LogP contribution >= 0.6 is 11.6 Å². The quantitative estimate of drug-likeness (QED) is 0.651. The van der Waals surface area contributed by atoms with Crippen LogP contribution in [0.15, 0.2) is 12.1 Å². The lowest BCUT2D eigenvalue weighted by atomic mass is 10.0. The Kier molecular flexibility index (Phi) is 3.40. The monoisotopic (exact) mass is 312 g/mol. The number of nitrogens with one attached hydrogen (secondary N) is 1. The summed E-state index contributed by atoms with van der Waals surface area (Å²) < 4.78 is 0. The Labute approximate surface area is 127 Å². The van der Waals surface area contributed by atoms with E-state index in [0.29, 0.717) is 0 Å². The second-order valence-corrected chi connectivity index (χ2v) is 6.84. The third-order valence-corrected chi connectivity index (χ3v) is 5.12. The first-order chi connectivity index (χ1) is 9.50. The highest BCUT2D eigenvalue weighted by Crippen LogP contribution is 2.64. The molecule has 0 amide bonds. The number of nitrogens with zero attached hydrogens (tertiary/aromatic N) is 1. The van der Waals surface area contributed by atoms with Gasteiger partial charge in [-0.2, -0.15) is 0 Å². The molecule has 2 rings (SSSR count). The van der Waals surface area contributed by atoms with Gasteiger partial charge in [0.2, 0.25) is 0 Å². The normalized spacial score (nSPS) is 19.1. The number of carboxylic acids is 1. The summed E-state index contributed by atoms with van der Waals surface area (Å²) in [7, 11) is 0. The van der Waals surface area contributed by atoms with Gasteiger partial charge in [0.15, 0.2) is 0 Å². The standard InChI is InChI=1S/C14H17ClN2O4/c1-13(2)12(14(13,3)4)16-10-8(11(18)19)5-7(17(20)21)6-9(10)15/h5-6,12,16H,1-4H3,(H,18,19). The predicted octanol–water partition coefficient (Wildman–Crippen LogP) is 3.79. The molecule has 0 bridgehead atoms. The van der Waals surface area contributed by atoms with E-state index in [2.05, 4.69) is 33.0 Å².